The van der Waals surface area contributed by atoms with Gasteiger partial charge in [-0.15, -0.1) is 0 Å². The zero-order valence-corrected chi connectivity index (χ0v) is 10.9. The summed E-state index contributed by atoms with van der Waals surface area (Å²) in [5, 5.41) is 10.6. The Labute approximate surface area is 114 Å². The molecule has 0 spiro atoms. The summed E-state index contributed by atoms with van der Waals surface area (Å²) in [6.45, 7) is 0. The second-order valence-electron chi connectivity index (χ2n) is 3.83. The number of rotatable bonds is 4. The van der Waals surface area contributed by atoms with Crippen LogP contribution in [0.3, 0.4) is 0 Å². The largest absolute Gasteiger partial charge is 0.397 e. The number of hydrogen-bond donors (Lipinski definition) is 1. The molecule has 0 saturated carbocycles. The number of nitro groups is 1. The number of anilines is 1. The van der Waals surface area contributed by atoms with Crippen LogP contribution in [0.4, 0.5) is 11.4 Å². The van der Waals surface area contributed by atoms with Gasteiger partial charge >= 0.3 is 10.1 Å². The van der Waals surface area contributed by atoms with Crippen LogP contribution in [0.2, 0.25) is 0 Å². The molecule has 0 aliphatic carbocycles. The quantitative estimate of drug-likeness (QED) is 0.399. The number of hydrogen-bond acceptors (Lipinski definition) is 6. The van der Waals surface area contributed by atoms with Gasteiger partial charge < -0.3 is 9.92 Å². The molecule has 0 radical (unpaired) electrons. The van der Waals surface area contributed by atoms with Crippen LogP contribution in [0.15, 0.2) is 53.4 Å². The van der Waals surface area contributed by atoms with E-state index < -0.39 is 15.0 Å². The molecule has 0 saturated heterocycles. The van der Waals surface area contributed by atoms with Crippen molar-refractivity contribution in [3.8, 4) is 5.75 Å². The molecule has 2 aromatic carbocycles. The minimum atomic E-state index is -4.13. The summed E-state index contributed by atoms with van der Waals surface area (Å²) >= 11 is 0. The van der Waals surface area contributed by atoms with E-state index in [0.29, 0.717) is 0 Å². The number of nitrogen functional groups attached to an aromatic ring is 1. The molecule has 2 N–H and O–H groups in total. The number of benzene rings is 2. The Morgan fingerprint density at radius 2 is 1.75 bits per heavy atom. The molecule has 0 heterocycles. The second kappa shape index (κ2) is 5.17. The van der Waals surface area contributed by atoms with Crippen LogP contribution < -0.4 is 9.92 Å². The maximum atomic E-state index is 12.0. The third-order valence-corrected chi connectivity index (χ3v) is 3.74. The number of para-hydroxylation sites is 1. The van der Waals surface area contributed by atoms with Crippen LogP contribution in [0.25, 0.3) is 0 Å². The van der Waals surface area contributed by atoms with E-state index in [1.54, 1.807) is 18.2 Å². The molecule has 8 heteroatoms. The molecule has 2 aromatic rings. The van der Waals surface area contributed by atoms with Crippen LogP contribution in [0.1, 0.15) is 0 Å². The summed E-state index contributed by atoms with van der Waals surface area (Å²) in [5.74, 6) is 0.130. The first kappa shape index (κ1) is 13.8. The Balaban J connectivity index is 2.37. The normalized spacial score (nSPS) is 11.0. The number of nitrogens with zero attached hydrogens (tertiary/aromatic N) is 1. The van der Waals surface area contributed by atoms with Gasteiger partial charge in [0.15, 0.2) is 0 Å². The topological polar surface area (TPSA) is 113 Å². The molecule has 0 aromatic heterocycles. The SMILES string of the molecule is Nc1cc([N+](=O)[O-])ccc1S(=O)(=O)Oc1ccccc1. The van der Waals surface area contributed by atoms with Crippen LogP contribution in [-0.4, -0.2) is 13.3 Å². The number of nitrogens with two attached hydrogens (primary N) is 1. The van der Waals surface area contributed by atoms with Crippen LogP contribution in [0, 0.1) is 10.1 Å². The van der Waals surface area contributed by atoms with E-state index in [1.807, 2.05) is 0 Å². The predicted molar refractivity (Wildman–Crippen MR) is 71.8 cm³/mol. The fourth-order valence-corrected chi connectivity index (χ4v) is 2.56. The molecule has 0 bridgehead atoms. The number of nitro benzene ring substituents is 1. The smallest absolute Gasteiger partial charge is 0.341 e. The Kier molecular flexibility index (Phi) is 3.57. The summed E-state index contributed by atoms with van der Waals surface area (Å²) in [5.41, 5.74) is 5.00. The average molecular weight is 294 g/mol. The summed E-state index contributed by atoms with van der Waals surface area (Å²) in [6, 6.07) is 11.0. The lowest BCUT2D eigenvalue weighted by molar-refractivity contribution is -0.384. The summed E-state index contributed by atoms with van der Waals surface area (Å²) in [7, 11) is -4.13. The molecular weight excluding hydrogens is 284 g/mol. The lowest BCUT2D eigenvalue weighted by Crippen LogP contribution is -2.12. The van der Waals surface area contributed by atoms with E-state index in [4.69, 9.17) is 9.92 Å². The monoisotopic (exact) mass is 294 g/mol. The van der Waals surface area contributed by atoms with E-state index in [0.717, 1.165) is 18.2 Å². The van der Waals surface area contributed by atoms with Gasteiger partial charge in [-0.05, 0) is 18.2 Å². The highest BCUT2D eigenvalue weighted by Gasteiger charge is 2.22. The van der Waals surface area contributed by atoms with Gasteiger partial charge in [-0.3, -0.25) is 10.1 Å². The van der Waals surface area contributed by atoms with Crippen LogP contribution in [-0.2, 0) is 10.1 Å². The molecule has 7 nitrogen and oxygen atoms in total. The van der Waals surface area contributed by atoms with Crippen molar-refractivity contribution in [1.29, 1.82) is 0 Å². The second-order valence-corrected chi connectivity index (χ2v) is 5.34. The van der Waals surface area contributed by atoms with E-state index in [1.165, 1.54) is 12.1 Å². The van der Waals surface area contributed by atoms with Crippen molar-refractivity contribution in [1.82, 2.24) is 0 Å². The first-order valence-corrected chi connectivity index (χ1v) is 6.84. The van der Waals surface area contributed by atoms with Gasteiger partial charge in [0.2, 0.25) is 0 Å². The zero-order valence-electron chi connectivity index (χ0n) is 10.1. The Morgan fingerprint density at radius 1 is 1.10 bits per heavy atom. The maximum absolute atomic E-state index is 12.0. The van der Waals surface area contributed by atoms with Gasteiger partial charge in [-0.2, -0.15) is 8.42 Å². The van der Waals surface area contributed by atoms with Crippen molar-refractivity contribution < 1.29 is 17.5 Å². The van der Waals surface area contributed by atoms with Crippen molar-refractivity contribution in [3.05, 3.63) is 58.6 Å². The maximum Gasteiger partial charge on any atom is 0.341 e. The highest BCUT2D eigenvalue weighted by atomic mass is 32.2. The van der Waals surface area contributed by atoms with Crippen molar-refractivity contribution in [2.45, 2.75) is 4.90 Å². The number of non-ortho nitro benzene ring substituents is 1. The predicted octanol–water partition coefficient (Wildman–Crippen LogP) is 1.94. The fraction of sp³-hybridized carbons (Fsp3) is 0. The standard InChI is InChI=1S/C12H10N2O5S/c13-11-8-9(14(15)16)6-7-12(11)20(17,18)19-10-4-2-1-3-5-10/h1-8H,13H2. The third-order valence-electron chi connectivity index (χ3n) is 2.42. The minimum absolute atomic E-state index is 0.130. The molecule has 0 fully saturated rings. The molecule has 20 heavy (non-hydrogen) atoms. The van der Waals surface area contributed by atoms with Crippen molar-refractivity contribution in [2.75, 3.05) is 5.73 Å². The summed E-state index contributed by atoms with van der Waals surface area (Å²) < 4.78 is 29.0. The highest BCUT2D eigenvalue weighted by Crippen LogP contribution is 2.26. The molecule has 2 rings (SSSR count). The van der Waals surface area contributed by atoms with Gasteiger partial charge in [0.25, 0.3) is 5.69 Å². The van der Waals surface area contributed by atoms with E-state index in [2.05, 4.69) is 0 Å². The molecule has 0 aliphatic heterocycles. The fourth-order valence-electron chi connectivity index (χ4n) is 1.52. The van der Waals surface area contributed by atoms with Crippen LogP contribution >= 0.6 is 0 Å². The summed E-state index contributed by atoms with van der Waals surface area (Å²) in [4.78, 5) is 9.60. The lowest BCUT2D eigenvalue weighted by atomic mass is 10.3. The van der Waals surface area contributed by atoms with Gasteiger partial charge in [-0.25, -0.2) is 0 Å². The van der Waals surface area contributed by atoms with E-state index >= 15 is 0 Å². The lowest BCUT2D eigenvalue weighted by Gasteiger charge is -2.08. The Bertz CT molecular complexity index is 744. The first-order valence-electron chi connectivity index (χ1n) is 5.43. The van der Waals surface area contributed by atoms with Gasteiger partial charge in [0, 0.05) is 12.1 Å². The Hall–Kier alpha value is -2.61. The Morgan fingerprint density at radius 3 is 2.30 bits per heavy atom. The van der Waals surface area contributed by atoms with Crippen molar-refractivity contribution in [3.63, 3.8) is 0 Å². The first-order chi connectivity index (χ1) is 9.40. The third kappa shape index (κ3) is 2.86. The van der Waals surface area contributed by atoms with E-state index in [-0.39, 0.29) is 22.0 Å². The highest BCUT2D eigenvalue weighted by molar-refractivity contribution is 7.87. The molecule has 0 aliphatic rings. The van der Waals surface area contributed by atoms with Crippen LogP contribution in [0.5, 0.6) is 5.75 Å². The average Bonchev–Trinajstić information content (AvgIpc) is 2.38. The molecular formula is C12H10N2O5S. The molecule has 0 unspecified atom stereocenters. The van der Waals surface area contributed by atoms with Crippen molar-refractivity contribution in [2.24, 2.45) is 0 Å². The van der Waals surface area contributed by atoms with E-state index in [9.17, 15) is 18.5 Å². The van der Waals surface area contributed by atoms with Gasteiger partial charge in [0.05, 0.1) is 10.6 Å². The summed E-state index contributed by atoms with van der Waals surface area (Å²) in [6.07, 6.45) is 0. The van der Waals surface area contributed by atoms with Gasteiger partial charge in [0.1, 0.15) is 10.6 Å². The molecule has 0 amide bonds. The van der Waals surface area contributed by atoms with Crippen molar-refractivity contribution >= 4 is 21.5 Å². The zero-order chi connectivity index (χ0) is 14.8. The van der Waals surface area contributed by atoms with Gasteiger partial charge in [-0.1, -0.05) is 18.2 Å². The molecule has 0 atom stereocenters. The molecule has 104 valence electrons. The minimum Gasteiger partial charge on any atom is -0.397 e.